The number of thiazole rings is 1. The van der Waals surface area contributed by atoms with Gasteiger partial charge >= 0.3 is 0 Å². The van der Waals surface area contributed by atoms with E-state index in [-0.39, 0.29) is 5.56 Å². The van der Waals surface area contributed by atoms with Crippen molar-refractivity contribution < 1.29 is 9.47 Å². The Hall–Kier alpha value is -3.19. The molecule has 6 nitrogen and oxygen atoms in total. The molecule has 29 heavy (non-hydrogen) atoms. The normalized spacial score (nSPS) is 11.9. The van der Waals surface area contributed by atoms with Crippen molar-refractivity contribution in [3.63, 3.8) is 0 Å². The molecule has 0 aliphatic carbocycles. The van der Waals surface area contributed by atoms with E-state index in [1.165, 1.54) is 15.9 Å². The summed E-state index contributed by atoms with van der Waals surface area (Å²) in [5.41, 5.74) is 1.52. The summed E-state index contributed by atoms with van der Waals surface area (Å²) in [6.45, 7) is 5.25. The lowest BCUT2D eigenvalue weighted by Gasteiger charge is -2.05. The van der Waals surface area contributed by atoms with Crippen LogP contribution in [0, 0.1) is 0 Å². The Morgan fingerprint density at radius 2 is 1.86 bits per heavy atom. The molecule has 2 aromatic heterocycles. The number of nitrogens with zero attached hydrogens (tertiary/aromatic N) is 3. The van der Waals surface area contributed by atoms with Crippen LogP contribution in [0.3, 0.4) is 0 Å². The molecule has 4 rings (SSSR count). The van der Waals surface area contributed by atoms with E-state index >= 15 is 0 Å². The summed E-state index contributed by atoms with van der Waals surface area (Å²) in [4.78, 5) is 17.9. The van der Waals surface area contributed by atoms with Gasteiger partial charge in [0, 0.05) is 11.1 Å². The van der Waals surface area contributed by atoms with E-state index < -0.39 is 0 Å². The van der Waals surface area contributed by atoms with Crippen molar-refractivity contribution in [1.29, 1.82) is 0 Å². The molecule has 4 aromatic rings. The van der Waals surface area contributed by atoms with Crippen LogP contribution in [0.15, 0.2) is 53.3 Å². The number of para-hydroxylation sites is 1. The topological polar surface area (TPSA) is 65.7 Å². The van der Waals surface area contributed by atoms with Crippen molar-refractivity contribution in [2.75, 3.05) is 13.2 Å². The van der Waals surface area contributed by atoms with Crippen molar-refractivity contribution in [3.05, 3.63) is 69.0 Å². The number of ether oxygens (including phenoxy) is 2. The van der Waals surface area contributed by atoms with Gasteiger partial charge in [-0.3, -0.25) is 4.79 Å². The minimum Gasteiger partial charge on any atom is -0.494 e. The maximum atomic E-state index is 12.8. The Morgan fingerprint density at radius 1 is 1.07 bits per heavy atom. The average molecular weight is 407 g/mol. The van der Waals surface area contributed by atoms with Crippen LogP contribution in [0.5, 0.6) is 11.5 Å². The lowest BCUT2D eigenvalue weighted by Crippen LogP contribution is -2.23. The lowest BCUT2D eigenvalue weighted by molar-refractivity contribution is 0.317. The van der Waals surface area contributed by atoms with Gasteiger partial charge in [-0.2, -0.15) is 9.50 Å². The van der Waals surface area contributed by atoms with E-state index in [0.717, 1.165) is 29.0 Å². The predicted octanol–water partition coefficient (Wildman–Crippen LogP) is 3.55. The molecule has 0 N–H and O–H groups in total. The fraction of sp³-hybridized carbons (Fsp3) is 0.227. The van der Waals surface area contributed by atoms with Gasteiger partial charge in [0.25, 0.3) is 5.56 Å². The average Bonchev–Trinajstić information content (AvgIpc) is 3.28. The molecule has 0 saturated heterocycles. The van der Waals surface area contributed by atoms with Crippen LogP contribution >= 0.6 is 11.3 Å². The first kappa shape index (κ1) is 19.1. The monoisotopic (exact) mass is 407 g/mol. The van der Waals surface area contributed by atoms with Gasteiger partial charge in [0.05, 0.1) is 17.7 Å². The number of aromatic nitrogens is 3. The van der Waals surface area contributed by atoms with Gasteiger partial charge in [-0.15, -0.1) is 5.10 Å². The Kier molecular flexibility index (Phi) is 5.57. The molecule has 148 valence electrons. The van der Waals surface area contributed by atoms with Crippen molar-refractivity contribution in [2.45, 2.75) is 20.3 Å². The lowest BCUT2D eigenvalue weighted by atomic mass is 10.2. The summed E-state index contributed by atoms with van der Waals surface area (Å²) in [6.07, 6.45) is 2.79. The number of benzene rings is 2. The van der Waals surface area contributed by atoms with Crippen LogP contribution in [-0.4, -0.2) is 27.8 Å². The molecule has 0 bridgehead atoms. The predicted molar refractivity (Wildman–Crippen MR) is 115 cm³/mol. The van der Waals surface area contributed by atoms with E-state index in [2.05, 4.69) is 17.0 Å². The molecule has 0 atom stereocenters. The fourth-order valence-electron chi connectivity index (χ4n) is 2.90. The zero-order valence-corrected chi connectivity index (χ0v) is 17.1. The Bertz CT molecular complexity index is 1230. The third kappa shape index (κ3) is 4.00. The van der Waals surface area contributed by atoms with Gasteiger partial charge in [-0.1, -0.05) is 36.5 Å². The van der Waals surface area contributed by atoms with Crippen molar-refractivity contribution in [1.82, 2.24) is 14.6 Å². The van der Waals surface area contributed by atoms with E-state index in [1.54, 1.807) is 0 Å². The largest absolute Gasteiger partial charge is 0.494 e. The molecular formula is C22H21N3O3S. The first-order valence-electron chi connectivity index (χ1n) is 9.56. The van der Waals surface area contributed by atoms with Crippen molar-refractivity contribution in [2.24, 2.45) is 0 Å². The van der Waals surface area contributed by atoms with Gasteiger partial charge in [-0.05, 0) is 49.8 Å². The molecule has 0 unspecified atom stereocenters. The SMILES string of the molecule is CCCOc1ccc(-c2nc3sc(=Cc4ccccc4OCC)c(=O)n3n2)cc1. The zero-order chi connectivity index (χ0) is 20.2. The first-order valence-corrected chi connectivity index (χ1v) is 10.4. The molecule has 0 aliphatic heterocycles. The second-order valence-electron chi connectivity index (χ2n) is 6.39. The Labute approximate surface area is 172 Å². The summed E-state index contributed by atoms with van der Waals surface area (Å²) < 4.78 is 13.2. The van der Waals surface area contributed by atoms with Gasteiger partial charge in [-0.25, -0.2) is 0 Å². The summed E-state index contributed by atoms with van der Waals surface area (Å²) in [5.74, 6) is 2.09. The highest BCUT2D eigenvalue weighted by Crippen LogP contribution is 2.21. The van der Waals surface area contributed by atoms with Crippen LogP contribution in [0.2, 0.25) is 0 Å². The van der Waals surface area contributed by atoms with Crippen molar-refractivity contribution in [3.8, 4) is 22.9 Å². The van der Waals surface area contributed by atoms with Crippen molar-refractivity contribution >= 4 is 22.4 Å². The zero-order valence-electron chi connectivity index (χ0n) is 16.3. The number of hydrogen-bond acceptors (Lipinski definition) is 6. The van der Waals surface area contributed by atoms with Gasteiger partial charge in [0.1, 0.15) is 11.5 Å². The molecule has 0 spiro atoms. The summed E-state index contributed by atoms with van der Waals surface area (Å²) >= 11 is 1.32. The third-order valence-corrected chi connectivity index (χ3v) is 5.23. The summed E-state index contributed by atoms with van der Waals surface area (Å²) in [6, 6.07) is 15.2. The minimum absolute atomic E-state index is 0.182. The van der Waals surface area contributed by atoms with Crippen LogP contribution in [0.25, 0.3) is 22.4 Å². The molecule has 0 radical (unpaired) electrons. The summed E-state index contributed by atoms with van der Waals surface area (Å²) in [5, 5.41) is 4.41. The number of fused-ring (bicyclic) bond motifs is 1. The highest BCUT2D eigenvalue weighted by atomic mass is 32.1. The van der Waals surface area contributed by atoms with Gasteiger partial charge in [0.2, 0.25) is 4.96 Å². The molecule has 0 fully saturated rings. The summed E-state index contributed by atoms with van der Waals surface area (Å²) in [7, 11) is 0. The smallest absolute Gasteiger partial charge is 0.291 e. The maximum Gasteiger partial charge on any atom is 0.291 e. The highest BCUT2D eigenvalue weighted by molar-refractivity contribution is 7.15. The molecule has 7 heteroatoms. The minimum atomic E-state index is -0.182. The fourth-order valence-corrected chi connectivity index (χ4v) is 3.80. The molecule has 2 heterocycles. The molecule has 2 aromatic carbocycles. The van der Waals surface area contributed by atoms with E-state index in [9.17, 15) is 4.79 Å². The molecule has 0 amide bonds. The van der Waals surface area contributed by atoms with Crippen LogP contribution in [-0.2, 0) is 0 Å². The Morgan fingerprint density at radius 3 is 2.59 bits per heavy atom. The van der Waals surface area contributed by atoms with Crippen LogP contribution in [0.4, 0.5) is 0 Å². The highest BCUT2D eigenvalue weighted by Gasteiger charge is 2.12. The standard InChI is InChI=1S/C22H21N3O3S/c1-3-13-28-17-11-9-15(10-12-17)20-23-22-25(24-20)21(26)19(29-22)14-16-7-5-6-8-18(16)27-4-2/h5-12,14H,3-4,13H2,1-2H3. The first-order chi connectivity index (χ1) is 14.2. The number of rotatable bonds is 7. The second kappa shape index (κ2) is 8.45. The maximum absolute atomic E-state index is 12.8. The van der Waals surface area contributed by atoms with E-state index in [4.69, 9.17) is 9.47 Å². The van der Waals surface area contributed by atoms with Gasteiger partial charge < -0.3 is 9.47 Å². The quantitative estimate of drug-likeness (QED) is 0.469. The van der Waals surface area contributed by atoms with Crippen LogP contribution in [0.1, 0.15) is 25.8 Å². The van der Waals surface area contributed by atoms with E-state index in [1.807, 2.05) is 61.5 Å². The second-order valence-corrected chi connectivity index (χ2v) is 7.40. The van der Waals surface area contributed by atoms with Gasteiger partial charge in [0.15, 0.2) is 5.82 Å². The third-order valence-electron chi connectivity index (χ3n) is 4.27. The Balaban J connectivity index is 1.67. The molecule has 0 aliphatic rings. The molecular weight excluding hydrogens is 386 g/mol. The van der Waals surface area contributed by atoms with E-state index in [0.29, 0.717) is 28.5 Å². The van der Waals surface area contributed by atoms with Crippen LogP contribution < -0.4 is 19.6 Å². The number of hydrogen-bond donors (Lipinski definition) is 0. The molecule has 0 saturated carbocycles.